The van der Waals surface area contributed by atoms with Crippen LogP contribution in [0, 0.1) is 0 Å². The van der Waals surface area contributed by atoms with Gasteiger partial charge in [-0.2, -0.15) is 0 Å². The van der Waals surface area contributed by atoms with E-state index in [4.69, 9.17) is 0 Å². The number of rotatable bonds is 6. The largest absolute Gasteiger partial charge is 0.508 e. The summed E-state index contributed by atoms with van der Waals surface area (Å²) in [5.74, 6) is 0.762. The van der Waals surface area contributed by atoms with E-state index in [2.05, 4.69) is 33.8 Å². The normalized spacial score (nSPS) is 14.3. The molecule has 3 heteroatoms. The second kappa shape index (κ2) is 8.27. The molecule has 0 aliphatic rings. The van der Waals surface area contributed by atoms with Crippen molar-refractivity contribution in [3.8, 4) is 17.2 Å². The first kappa shape index (κ1) is 21.5. The van der Waals surface area contributed by atoms with Crippen molar-refractivity contribution in [2.75, 3.05) is 0 Å². The first-order valence-corrected chi connectivity index (χ1v) is 10.2. The van der Waals surface area contributed by atoms with E-state index < -0.39 is 0 Å². The summed E-state index contributed by atoms with van der Waals surface area (Å²) in [7, 11) is 0. The highest BCUT2D eigenvalue weighted by molar-refractivity contribution is 5.66. The molecule has 0 saturated heterocycles. The monoisotopic (exact) mass is 402 g/mol. The minimum absolute atomic E-state index is 0.161. The molecule has 0 bridgehead atoms. The lowest BCUT2D eigenvalue weighted by molar-refractivity contribution is 0.378. The van der Waals surface area contributed by atoms with Crippen LogP contribution in [0.25, 0.3) is 5.57 Å². The van der Waals surface area contributed by atoms with Crippen LogP contribution in [0.3, 0.4) is 0 Å². The molecule has 0 heterocycles. The molecule has 0 saturated carbocycles. The lowest BCUT2D eigenvalue weighted by Crippen LogP contribution is -2.31. The second-order valence-corrected chi connectivity index (χ2v) is 8.95. The van der Waals surface area contributed by atoms with Crippen LogP contribution < -0.4 is 0 Å². The van der Waals surface area contributed by atoms with Crippen molar-refractivity contribution in [1.29, 1.82) is 0 Å². The van der Waals surface area contributed by atoms with E-state index in [9.17, 15) is 15.3 Å². The van der Waals surface area contributed by atoms with E-state index in [0.29, 0.717) is 0 Å². The maximum absolute atomic E-state index is 9.78. The van der Waals surface area contributed by atoms with E-state index in [-0.39, 0.29) is 28.1 Å². The molecule has 3 nitrogen and oxygen atoms in total. The molecule has 0 aromatic heterocycles. The summed E-state index contributed by atoms with van der Waals surface area (Å²) in [6, 6.07) is 22.1. The minimum atomic E-state index is -0.308. The minimum Gasteiger partial charge on any atom is -0.508 e. The van der Waals surface area contributed by atoms with Crippen LogP contribution in [0.5, 0.6) is 17.2 Å². The van der Waals surface area contributed by atoms with Crippen LogP contribution in [0.2, 0.25) is 0 Å². The molecule has 0 unspecified atom stereocenters. The highest BCUT2D eigenvalue weighted by Crippen LogP contribution is 2.42. The van der Waals surface area contributed by atoms with Gasteiger partial charge in [-0.25, -0.2) is 0 Å². The van der Waals surface area contributed by atoms with Gasteiger partial charge < -0.3 is 15.3 Å². The van der Waals surface area contributed by atoms with Crippen molar-refractivity contribution in [1.82, 2.24) is 0 Å². The summed E-state index contributed by atoms with van der Waals surface area (Å²) in [4.78, 5) is 0. The average Bonchev–Trinajstić information content (AvgIpc) is 2.68. The Hall–Kier alpha value is -3.20. The molecule has 0 aliphatic carbocycles. The van der Waals surface area contributed by atoms with Crippen molar-refractivity contribution >= 4 is 5.57 Å². The molecule has 30 heavy (non-hydrogen) atoms. The smallest absolute Gasteiger partial charge is 0.115 e. The van der Waals surface area contributed by atoms with Gasteiger partial charge in [-0.05, 0) is 77.4 Å². The van der Waals surface area contributed by atoms with Gasteiger partial charge in [0.2, 0.25) is 0 Å². The van der Waals surface area contributed by atoms with Crippen LogP contribution in [-0.2, 0) is 10.8 Å². The molecule has 0 spiro atoms. The molecule has 156 valence electrons. The predicted octanol–water partition coefficient (Wildman–Crippen LogP) is 6.53. The topological polar surface area (TPSA) is 60.7 Å². The molecule has 0 radical (unpaired) electrons. The third kappa shape index (κ3) is 4.85. The van der Waals surface area contributed by atoms with Gasteiger partial charge in [0.15, 0.2) is 0 Å². The van der Waals surface area contributed by atoms with Crippen LogP contribution in [-0.4, -0.2) is 15.3 Å². The van der Waals surface area contributed by atoms with Crippen molar-refractivity contribution in [3.05, 3.63) is 95.6 Å². The Bertz CT molecular complexity index is 1010. The number of allylic oxidation sites excluding steroid dienone is 2. The summed E-state index contributed by atoms with van der Waals surface area (Å²) >= 11 is 0. The lowest BCUT2D eigenvalue weighted by Gasteiger charge is -2.37. The van der Waals surface area contributed by atoms with Crippen LogP contribution in [0.4, 0.5) is 0 Å². The van der Waals surface area contributed by atoms with Crippen molar-refractivity contribution in [2.45, 2.75) is 44.9 Å². The highest BCUT2D eigenvalue weighted by atomic mass is 16.3. The molecule has 0 fully saturated rings. The fraction of sp³-hybridized carbons (Fsp3) is 0.259. The molecule has 0 aliphatic heterocycles. The summed E-state index contributed by atoms with van der Waals surface area (Å²) in [5, 5.41) is 29.1. The zero-order valence-electron chi connectivity index (χ0n) is 18.1. The number of phenolic OH excluding ortho intramolecular Hbond substituents is 3. The van der Waals surface area contributed by atoms with Crippen LogP contribution in [0.15, 0.2) is 78.9 Å². The van der Waals surface area contributed by atoms with E-state index in [0.717, 1.165) is 28.7 Å². The van der Waals surface area contributed by atoms with E-state index in [1.54, 1.807) is 36.4 Å². The molecule has 3 rings (SSSR count). The molecule has 3 N–H and O–H groups in total. The zero-order chi connectivity index (χ0) is 21.9. The predicted molar refractivity (Wildman–Crippen MR) is 123 cm³/mol. The van der Waals surface area contributed by atoms with Gasteiger partial charge >= 0.3 is 0 Å². The Morgan fingerprint density at radius 2 is 1.07 bits per heavy atom. The third-order valence-electron chi connectivity index (χ3n) is 5.84. The van der Waals surface area contributed by atoms with Gasteiger partial charge in [0.05, 0.1) is 0 Å². The Morgan fingerprint density at radius 3 is 1.53 bits per heavy atom. The molecule has 3 aromatic rings. The van der Waals surface area contributed by atoms with E-state index in [1.165, 1.54) is 0 Å². The third-order valence-corrected chi connectivity index (χ3v) is 5.84. The molecule has 1 atom stereocenters. The van der Waals surface area contributed by atoms with Gasteiger partial charge in [-0.1, -0.05) is 63.2 Å². The maximum Gasteiger partial charge on any atom is 0.115 e. The number of benzene rings is 3. The van der Waals surface area contributed by atoms with Crippen molar-refractivity contribution in [3.63, 3.8) is 0 Å². The Labute approximate surface area is 179 Å². The molecular weight excluding hydrogens is 372 g/mol. The Morgan fingerprint density at radius 1 is 0.667 bits per heavy atom. The quantitative estimate of drug-likeness (QED) is 0.439. The zero-order valence-corrected chi connectivity index (χ0v) is 18.1. The first-order chi connectivity index (χ1) is 14.1. The molecule has 0 amide bonds. The standard InChI is InChI=1S/C27H30O3/c1-19(20-5-11-23(28)12-6-20)17-27(4,22-9-15-25(30)16-10-22)18-26(2,3)21-7-13-24(29)14-8-21/h5-17,28-30H,18H2,1-4H3/b19-17-/t27-/m1/s1. The average molecular weight is 403 g/mol. The Balaban J connectivity index is 2.05. The van der Waals surface area contributed by atoms with Crippen molar-refractivity contribution < 1.29 is 15.3 Å². The van der Waals surface area contributed by atoms with Gasteiger partial charge in [0.1, 0.15) is 17.2 Å². The molecule has 3 aromatic carbocycles. The SMILES string of the molecule is C/C(=C/[C@](C)(CC(C)(C)c1ccc(O)cc1)c1ccc(O)cc1)c1ccc(O)cc1. The lowest BCUT2D eigenvalue weighted by atomic mass is 9.67. The van der Waals surface area contributed by atoms with Crippen LogP contribution in [0.1, 0.15) is 50.8 Å². The van der Waals surface area contributed by atoms with Gasteiger partial charge in [-0.15, -0.1) is 0 Å². The maximum atomic E-state index is 9.78. The fourth-order valence-corrected chi connectivity index (χ4v) is 4.30. The van der Waals surface area contributed by atoms with Gasteiger partial charge in [0, 0.05) is 5.41 Å². The first-order valence-electron chi connectivity index (χ1n) is 10.2. The van der Waals surface area contributed by atoms with Gasteiger partial charge in [0.25, 0.3) is 0 Å². The fourth-order valence-electron chi connectivity index (χ4n) is 4.30. The highest BCUT2D eigenvalue weighted by Gasteiger charge is 2.34. The Kier molecular flexibility index (Phi) is 5.93. The summed E-state index contributed by atoms with van der Waals surface area (Å²) in [6.45, 7) is 8.72. The number of aromatic hydroxyl groups is 3. The molecular formula is C27H30O3. The van der Waals surface area contributed by atoms with Crippen molar-refractivity contribution in [2.24, 2.45) is 0 Å². The summed E-state index contributed by atoms with van der Waals surface area (Å²) < 4.78 is 0. The number of hydrogen-bond acceptors (Lipinski definition) is 3. The van der Waals surface area contributed by atoms with Crippen LogP contribution >= 0.6 is 0 Å². The van der Waals surface area contributed by atoms with E-state index in [1.807, 2.05) is 36.4 Å². The van der Waals surface area contributed by atoms with E-state index >= 15 is 0 Å². The number of phenols is 3. The second-order valence-electron chi connectivity index (χ2n) is 8.95. The van der Waals surface area contributed by atoms with Gasteiger partial charge in [-0.3, -0.25) is 0 Å². The number of hydrogen-bond donors (Lipinski definition) is 3. The summed E-state index contributed by atoms with van der Waals surface area (Å²) in [5.41, 5.74) is 3.97. The summed E-state index contributed by atoms with van der Waals surface area (Å²) in [6.07, 6.45) is 3.10.